The third-order valence-corrected chi connectivity index (χ3v) is 3.14. The highest BCUT2D eigenvalue weighted by Crippen LogP contribution is 2.30. The Labute approximate surface area is 110 Å². The Morgan fingerprint density at radius 3 is 2.74 bits per heavy atom. The molecule has 19 heavy (non-hydrogen) atoms. The summed E-state index contributed by atoms with van der Waals surface area (Å²) in [4.78, 5) is 13.8. The molecular weight excluding hydrogens is 243 g/mol. The van der Waals surface area contributed by atoms with Crippen molar-refractivity contribution < 1.29 is 9.18 Å². The molecule has 0 aromatic heterocycles. The normalized spacial score (nSPS) is 15.0. The number of hydrogen-bond donors (Lipinski definition) is 1. The number of anilines is 2. The molecule has 0 radical (unpaired) electrons. The molecule has 1 aliphatic heterocycles. The zero-order valence-electron chi connectivity index (χ0n) is 10.3. The molecule has 0 fully saturated rings. The van der Waals surface area contributed by atoms with E-state index in [0.29, 0.717) is 12.2 Å². The Bertz CT molecular complexity index is 627. The lowest BCUT2D eigenvalue weighted by Crippen LogP contribution is -2.31. The number of nitrogens with one attached hydrogen (secondary N) is 1. The summed E-state index contributed by atoms with van der Waals surface area (Å²) in [6.45, 7) is 0.874. The van der Waals surface area contributed by atoms with Gasteiger partial charge in [0.05, 0.1) is 17.9 Å². The van der Waals surface area contributed by atoms with Gasteiger partial charge < -0.3 is 5.32 Å². The Hall–Kier alpha value is -2.20. The smallest absolute Gasteiger partial charge is 0.245 e. The molecule has 3 rings (SSSR count). The Kier molecular flexibility index (Phi) is 3.01. The molecule has 1 aliphatic rings. The van der Waals surface area contributed by atoms with Gasteiger partial charge in [0.25, 0.3) is 0 Å². The maximum absolute atomic E-state index is 13.4. The molecule has 0 unspecified atom stereocenters. The summed E-state index contributed by atoms with van der Waals surface area (Å²) < 4.78 is 13.4. The number of rotatable bonds is 1. The van der Waals surface area contributed by atoms with Gasteiger partial charge in [0.1, 0.15) is 5.82 Å². The van der Waals surface area contributed by atoms with Gasteiger partial charge in [-0.3, -0.25) is 9.69 Å². The number of nitrogens with zero attached hydrogens (tertiary/aromatic N) is 1. The SMILES string of the molecule is O=C1CNCc2ccccc2N1c1cccc(F)c1. The van der Waals surface area contributed by atoms with Gasteiger partial charge in [-0.05, 0) is 29.8 Å². The Balaban J connectivity index is 2.14. The summed E-state index contributed by atoms with van der Waals surface area (Å²) >= 11 is 0. The lowest BCUT2D eigenvalue weighted by atomic mass is 10.1. The molecule has 96 valence electrons. The van der Waals surface area contributed by atoms with E-state index in [1.807, 2.05) is 24.3 Å². The summed E-state index contributed by atoms with van der Waals surface area (Å²) in [7, 11) is 0. The lowest BCUT2D eigenvalue weighted by molar-refractivity contribution is -0.117. The molecule has 0 spiro atoms. The fourth-order valence-corrected chi connectivity index (χ4v) is 2.29. The van der Waals surface area contributed by atoms with Gasteiger partial charge >= 0.3 is 0 Å². The van der Waals surface area contributed by atoms with Crippen LogP contribution in [0, 0.1) is 5.82 Å². The fraction of sp³-hybridized carbons (Fsp3) is 0.133. The maximum atomic E-state index is 13.4. The summed E-state index contributed by atoms with van der Waals surface area (Å²) in [6.07, 6.45) is 0. The number of hydrogen-bond acceptors (Lipinski definition) is 2. The summed E-state index contributed by atoms with van der Waals surface area (Å²) in [5.74, 6) is -0.435. The number of fused-ring (bicyclic) bond motifs is 1. The van der Waals surface area contributed by atoms with E-state index in [1.165, 1.54) is 12.1 Å². The van der Waals surface area contributed by atoms with E-state index in [1.54, 1.807) is 17.0 Å². The summed E-state index contributed by atoms with van der Waals surface area (Å²) in [5.41, 5.74) is 2.39. The van der Waals surface area contributed by atoms with E-state index in [-0.39, 0.29) is 18.3 Å². The van der Waals surface area contributed by atoms with Crippen molar-refractivity contribution in [2.75, 3.05) is 11.4 Å². The molecule has 4 heteroatoms. The number of halogens is 1. The van der Waals surface area contributed by atoms with Crippen LogP contribution in [-0.2, 0) is 11.3 Å². The van der Waals surface area contributed by atoms with Crippen molar-refractivity contribution in [1.82, 2.24) is 5.32 Å². The molecule has 2 aromatic rings. The van der Waals surface area contributed by atoms with Crippen molar-refractivity contribution in [2.24, 2.45) is 0 Å². The van der Waals surface area contributed by atoms with Crippen LogP contribution < -0.4 is 10.2 Å². The molecule has 0 atom stereocenters. The van der Waals surface area contributed by atoms with E-state index < -0.39 is 0 Å². The van der Waals surface area contributed by atoms with E-state index in [0.717, 1.165) is 11.3 Å². The van der Waals surface area contributed by atoms with Crippen LogP contribution in [0.1, 0.15) is 5.56 Å². The fourth-order valence-electron chi connectivity index (χ4n) is 2.29. The molecular formula is C15H13FN2O. The molecule has 2 aromatic carbocycles. The average Bonchev–Trinajstić information content (AvgIpc) is 2.57. The van der Waals surface area contributed by atoms with Crippen LogP contribution >= 0.6 is 0 Å². The average molecular weight is 256 g/mol. The van der Waals surface area contributed by atoms with Crippen LogP contribution in [0.25, 0.3) is 0 Å². The van der Waals surface area contributed by atoms with Gasteiger partial charge in [0, 0.05) is 6.54 Å². The van der Waals surface area contributed by atoms with E-state index >= 15 is 0 Å². The van der Waals surface area contributed by atoms with Crippen molar-refractivity contribution in [1.29, 1.82) is 0 Å². The second-order valence-electron chi connectivity index (χ2n) is 4.44. The first-order valence-electron chi connectivity index (χ1n) is 6.13. The molecule has 0 aliphatic carbocycles. The first kappa shape index (κ1) is 11.9. The molecule has 1 heterocycles. The number of amides is 1. The monoisotopic (exact) mass is 256 g/mol. The van der Waals surface area contributed by atoms with Crippen molar-refractivity contribution >= 4 is 17.3 Å². The quantitative estimate of drug-likeness (QED) is 0.850. The minimum Gasteiger partial charge on any atom is -0.304 e. The number of benzene rings is 2. The van der Waals surface area contributed by atoms with Crippen LogP contribution in [-0.4, -0.2) is 12.5 Å². The van der Waals surface area contributed by atoms with Gasteiger partial charge in [-0.1, -0.05) is 24.3 Å². The highest BCUT2D eigenvalue weighted by molar-refractivity contribution is 6.02. The highest BCUT2D eigenvalue weighted by Gasteiger charge is 2.23. The van der Waals surface area contributed by atoms with Gasteiger partial charge in [-0.25, -0.2) is 4.39 Å². The maximum Gasteiger partial charge on any atom is 0.245 e. The van der Waals surface area contributed by atoms with Gasteiger partial charge in [0.2, 0.25) is 5.91 Å². The second-order valence-corrected chi connectivity index (χ2v) is 4.44. The zero-order chi connectivity index (χ0) is 13.2. The number of carbonyl (C=O) groups excluding carboxylic acids is 1. The van der Waals surface area contributed by atoms with E-state index in [2.05, 4.69) is 5.32 Å². The largest absolute Gasteiger partial charge is 0.304 e. The molecule has 0 bridgehead atoms. The standard InChI is InChI=1S/C15H13FN2O/c16-12-5-3-6-13(8-12)18-14-7-2-1-4-11(14)9-17-10-15(18)19/h1-8,17H,9-10H2. The van der Waals surface area contributed by atoms with Crippen LogP contribution in [0.5, 0.6) is 0 Å². The summed E-state index contributed by atoms with van der Waals surface area (Å²) in [6, 6.07) is 13.8. The minimum atomic E-state index is -0.347. The predicted octanol–water partition coefficient (Wildman–Crippen LogP) is 2.59. The first-order valence-corrected chi connectivity index (χ1v) is 6.13. The molecule has 0 saturated heterocycles. The van der Waals surface area contributed by atoms with Crippen LogP contribution in [0.15, 0.2) is 48.5 Å². The topological polar surface area (TPSA) is 32.3 Å². The Morgan fingerprint density at radius 1 is 1.05 bits per heavy atom. The molecule has 0 saturated carbocycles. The van der Waals surface area contributed by atoms with Crippen molar-refractivity contribution in [3.05, 3.63) is 59.9 Å². The van der Waals surface area contributed by atoms with E-state index in [4.69, 9.17) is 0 Å². The third-order valence-electron chi connectivity index (χ3n) is 3.14. The van der Waals surface area contributed by atoms with Crippen molar-refractivity contribution in [3.8, 4) is 0 Å². The molecule has 3 nitrogen and oxygen atoms in total. The lowest BCUT2D eigenvalue weighted by Gasteiger charge is -2.22. The Morgan fingerprint density at radius 2 is 1.89 bits per heavy atom. The highest BCUT2D eigenvalue weighted by atomic mass is 19.1. The number of carbonyl (C=O) groups is 1. The van der Waals surface area contributed by atoms with Crippen molar-refractivity contribution in [2.45, 2.75) is 6.54 Å². The van der Waals surface area contributed by atoms with Crippen LogP contribution in [0.4, 0.5) is 15.8 Å². The van der Waals surface area contributed by atoms with Crippen molar-refractivity contribution in [3.63, 3.8) is 0 Å². The second kappa shape index (κ2) is 4.82. The predicted molar refractivity (Wildman–Crippen MR) is 71.7 cm³/mol. The molecule has 1 N–H and O–H groups in total. The van der Waals surface area contributed by atoms with Gasteiger partial charge in [0.15, 0.2) is 0 Å². The van der Waals surface area contributed by atoms with Gasteiger partial charge in [-0.15, -0.1) is 0 Å². The third kappa shape index (κ3) is 2.22. The summed E-state index contributed by atoms with van der Waals surface area (Å²) in [5, 5.41) is 3.08. The van der Waals surface area contributed by atoms with Crippen LogP contribution in [0.3, 0.4) is 0 Å². The van der Waals surface area contributed by atoms with E-state index in [9.17, 15) is 9.18 Å². The number of para-hydroxylation sites is 1. The van der Waals surface area contributed by atoms with Crippen LogP contribution in [0.2, 0.25) is 0 Å². The zero-order valence-corrected chi connectivity index (χ0v) is 10.3. The molecule has 1 amide bonds. The minimum absolute atomic E-state index is 0.0875. The van der Waals surface area contributed by atoms with Gasteiger partial charge in [-0.2, -0.15) is 0 Å². The first-order chi connectivity index (χ1) is 9.25.